The number of rotatable bonds is 8. The molecule has 0 aliphatic heterocycles. The third-order valence-electron chi connectivity index (χ3n) is 4.09. The first-order valence-electron chi connectivity index (χ1n) is 8.40. The summed E-state index contributed by atoms with van der Waals surface area (Å²) in [5, 5.41) is 2.75. The molecule has 0 aliphatic rings. The first-order valence-corrected chi connectivity index (χ1v) is 10.2. The van der Waals surface area contributed by atoms with E-state index in [1.165, 1.54) is 26.4 Å². The number of nitrogens with zero attached hydrogens (tertiary/aromatic N) is 1. The van der Waals surface area contributed by atoms with Gasteiger partial charge < -0.3 is 14.8 Å². The van der Waals surface area contributed by atoms with Gasteiger partial charge in [-0.25, -0.2) is 12.8 Å². The molecular formula is C19H23FN2O5S. The van der Waals surface area contributed by atoms with Crippen molar-refractivity contribution in [2.24, 2.45) is 0 Å². The summed E-state index contributed by atoms with van der Waals surface area (Å²) in [6, 6.07) is 9.72. The lowest BCUT2D eigenvalue weighted by atomic mass is 10.1. The van der Waals surface area contributed by atoms with Crippen molar-refractivity contribution in [1.29, 1.82) is 0 Å². The van der Waals surface area contributed by atoms with Gasteiger partial charge in [-0.1, -0.05) is 6.07 Å². The number of amides is 1. The molecule has 1 atom stereocenters. The zero-order chi connectivity index (χ0) is 20.9. The quantitative estimate of drug-likeness (QED) is 0.723. The Morgan fingerprint density at radius 1 is 1.11 bits per heavy atom. The summed E-state index contributed by atoms with van der Waals surface area (Å²) < 4.78 is 48.6. The zero-order valence-electron chi connectivity index (χ0n) is 16.1. The SMILES string of the molecule is COc1ccc(C(C)NC(=O)CN(c2ccc(F)cc2)S(C)(=O)=O)cc1OC. The molecule has 0 radical (unpaired) electrons. The molecule has 0 saturated carbocycles. The third-order valence-corrected chi connectivity index (χ3v) is 5.23. The largest absolute Gasteiger partial charge is 0.493 e. The van der Waals surface area contributed by atoms with Crippen LogP contribution in [0.25, 0.3) is 0 Å². The van der Waals surface area contributed by atoms with Crippen LogP contribution in [0.15, 0.2) is 42.5 Å². The van der Waals surface area contributed by atoms with Gasteiger partial charge in [-0.3, -0.25) is 9.10 Å². The number of hydrogen-bond donors (Lipinski definition) is 1. The van der Waals surface area contributed by atoms with Crippen molar-refractivity contribution < 1.29 is 27.1 Å². The second-order valence-corrected chi connectivity index (χ2v) is 8.06. The van der Waals surface area contributed by atoms with E-state index < -0.39 is 34.3 Å². The van der Waals surface area contributed by atoms with Gasteiger partial charge in [0.2, 0.25) is 15.9 Å². The van der Waals surface area contributed by atoms with Gasteiger partial charge in [0.1, 0.15) is 12.4 Å². The standard InChI is InChI=1S/C19H23FN2O5S/c1-13(14-5-10-17(26-2)18(11-14)27-3)21-19(23)12-22(28(4,24)25)16-8-6-15(20)7-9-16/h5-11,13H,12H2,1-4H3,(H,21,23). The molecule has 152 valence electrons. The van der Waals surface area contributed by atoms with Crippen LogP contribution in [-0.2, 0) is 14.8 Å². The van der Waals surface area contributed by atoms with E-state index >= 15 is 0 Å². The highest BCUT2D eigenvalue weighted by Crippen LogP contribution is 2.30. The zero-order valence-corrected chi connectivity index (χ0v) is 16.9. The van der Waals surface area contributed by atoms with Crippen LogP contribution in [0.5, 0.6) is 11.5 Å². The maximum absolute atomic E-state index is 13.1. The van der Waals surface area contributed by atoms with Crippen LogP contribution in [0.4, 0.5) is 10.1 Å². The average molecular weight is 410 g/mol. The van der Waals surface area contributed by atoms with Crippen LogP contribution in [0.1, 0.15) is 18.5 Å². The summed E-state index contributed by atoms with van der Waals surface area (Å²) in [5.41, 5.74) is 0.969. The lowest BCUT2D eigenvalue weighted by Gasteiger charge is -2.23. The van der Waals surface area contributed by atoms with Gasteiger partial charge in [-0.2, -0.15) is 0 Å². The molecule has 0 fully saturated rings. The van der Waals surface area contributed by atoms with E-state index in [9.17, 15) is 17.6 Å². The van der Waals surface area contributed by atoms with Crippen molar-refractivity contribution >= 4 is 21.6 Å². The van der Waals surface area contributed by atoms with Crippen molar-refractivity contribution in [2.75, 3.05) is 31.3 Å². The molecule has 0 bridgehead atoms. The van der Waals surface area contributed by atoms with Crippen LogP contribution >= 0.6 is 0 Å². The van der Waals surface area contributed by atoms with Crippen molar-refractivity contribution in [3.05, 3.63) is 53.8 Å². The van der Waals surface area contributed by atoms with Crippen LogP contribution in [0.2, 0.25) is 0 Å². The fourth-order valence-corrected chi connectivity index (χ4v) is 3.49. The van der Waals surface area contributed by atoms with E-state index in [1.807, 2.05) is 0 Å². The Bertz CT molecular complexity index is 932. The number of methoxy groups -OCH3 is 2. The molecule has 7 nitrogen and oxygen atoms in total. The molecule has 28 heavy (non-hydrogen) atoms. The molecule has 1 unspecified atom stereocenters. The fourth-order valence-electron chi connectivity index (χ4n) is 2.63. The van der Waals surface area contributed by atoms with Gasteiger partial charge in [0.15, 0.2) is 11.5 Å². The summed E-state index contributed by atoms with van der Waals surface area (Å²) in [6.45, 7) is 1.34. The fraction of sp³-hybridized carbons (Fsp3) is 0.316. The summed E-state index contributed by atoms with van der Waals surface area (Å²) in [4.78, 5) is 12.5. The van der Waals surface area contributed by atoms with Crippen LogP contribution < -0.4 is 19.1 Å². The molecule has 0 heterocycles. The average Bonchev–Trinajstić information content (AvgIpc) is 2.65. The normalized spacial score (nSPS) is 12.2. The minimum Gasteiger partial charge on any atom is -0.493 e. The highest BCUT2D eigenvalue weighted by atomic mass is 32.2. The van der Waals surface area contributed by atoms with Crippen LogP contribution in [0.3, 0.4) is 0 Å². The maximum Gasteiger partial charge on any atom is 0.241 e. The highest BCUT2D eigenvalue weighted by Gasteiger charge is 2.22. The summed E-state index contributed by atoms with van der Waals surface area (Å²) in [6.07, 6.45) is 0.988. The molecular weight excluding hydrogens is 387 g/mol. The Kier molecular flexibility index (Phi) is 6.85. The van der Waals surface area contributed by atoms with Crippen LogP contribution in [-0.4, -0.2) is 41.3 Å². The molecule has 2 rings (SSSR count). The van der Waals surface area contributed by atoms with E-state index in [1.54, 1.807) is 25.1 Å². The maximum atomic E-state index is 13.1. The van der Waals surface area contributed by atoms with Gasteiger partial charge >= 0.3 is 0 Å². The lowest BCUT2D eigenvalue weighted by Crippen LogP contribution is -2.41. The third kappa shape index (κ3) is 5.35. The highest BCUT2D eigenvalue weighted by molar-refractivity contribution is 7.92. The van der Waals surface area contributed by atoms with Gasteiger partial charge in [0.25, 0.3) is 0 Å². The van der Waals surface area contributed by atoms with Crippen molar-refractivity contribution in [2.45, 2.75) is 13.0 Å². The van der Waals surface area contributed by atoms with E-state index in [-0.39, 0.29) is 5.69 Å². The number of carbonyl (C=O) groups is 1. The van der Waals surface area contributed by atoms with Crippen molar-refractivity contribution in [3.63, 3.8) is 0 Å². The first kappa shape index (κ1) is 21.5. The second kappa shape index (κ2) is 8.92. The second-order valence-electron chi connectivity index (χ2n) is 6.15. The van der Waals surface area contributed by atoms with E-state index in [0.29, 0.717) is 11.5 Å². The molecule has 0 spiro atoms. The Morgan fingerprint density at radius 3 is 2.25 bits per heavy atom. The first-order chi connectivity index (χ1) is 13.2. The number of carbonyl (C=O) groups excluding carboxylic acids is 1. The Hall–Kier alpha value is -2.81. The molecule has 2 aromatic carbocycles. The number of halogens is 1. The smallest absolute Gasteiger partial charge is 0.241 e. The molecule has 9 heteroatoms. The monoisotopic (exact) mass is 410 g/mol. The summed E-state index contributed by atoms with van der Waals surface area (Å²) >= 11 is 0. The van der Waals surface area contributed by atoms with E-state index in [0.717, 1.165) is 28.3 Å². The number of anilines is 1. The molecule has 1 amide bonds. The predicted molar refractivity (Wildman–Crippen MR) is 105 cm³/mol. The van der Waals surface area contributed by atoms with Gasteiger partial charge in [0, 0.05) is 0 Å². The Balaban J connectivity index is 2.15. The number of benzene rings is 2. The number of ether oxygens (including phenoxy) is 2. The number of nitrogens with one attached hydrogen (secondary N) is 1. The lowest BCUT2D eigenvalue weighted by molar-refractivity contribution is -0.120. The Morgan fingerprint density at radius 2 is 1.71 bits per heavy atom. The molecule has 2 aromatic rings. The molecule has 0 saturated heterocycles. The van der Waals surface area contributed by atoms with Crippen molar-refractivity contribution in [3.8, 4) is 11.5 Å². The molecule has 0 aromatic heterocycles. The van der Waals surface area contributed by atoms with Gasteiger partial charge in [-0.05, 0) is 48.9 Å². The molecule has 0 aliphatic carbocycles. The Labute approximate surface area is 164 Å². The van der Waals surface area contributed by atoms with E-state index in [2.05, 4.69) is 5.32 Å². The van der Waals surface area contributed by atoms with E-state index in [4.69, 9.17) is 9.47 Å². The topological polar surface area (TPSA) is 84.9 Å². The van der Waals surface area contributed by atoms with Crippen LogP contribution in [0, 0.1) is 5.82 Å². The number of sulfonamides is 1. The van der Waals surface area contributed by atoms with Gasteiger partial charge in [0.05, 0.1) is 32.2 Å². The minimum atomic E-state index is -3.73. The predicted octanol–water partition coefficient (Wildman–Crippen LogP) is 2.49. The number of hydrogen-bond acceptors (Lipinski definition) is 5. The van der Waals surface area contributed by atoms with Gasteiger partial charge in [-0.15, -0.1) is 0 Å². The van der Waals surface area contributed by atoms with Crippen molar-refractivity contribution in [1.82, 2.24) is 5.32 Å². The summed E-state index contributed by atoms with van der Waals surface area (Å²) in [7, 11) is -0.695. The summed E-state index contributed by atoms with van der Waals surface area (Å²) in [5.74, 6) is 0.0790. The minimum absolute atomic E-state index is 0.206. The molecule has 1 N–H and O–H groups in total.